The van der Waals surface area contributed by atoms with Crippen LogP contribution in [-0.4, -0.2) is 61.2 Å². The standard InChI is InChI=1S/C15H31N3/c1-15(2,18-11-9-17(3)10-12-18)13-16-14-7-5-4-6-8-14/h14,16H,4-13H2,1-3H3. The number of piperazine rings is 1. The maximum absolute atomic E-state index is 3.82. The number of hydrogen-bond donors (Lipinski definition) is 1. The summed E-state index contributed by atoms with van der Waals surface area (Å²) in [5.74, 6) is 0. The van der Waals surface area contributed by atoms with Gasteiger partial charge < -0.3 is 10.2 Å². The lowest BCUT2D eigenvalue weighted by molar-refractivity contribution is 0.0592. The molecule has 1 heterocycles. The summed E-state index contributed by atoms with van der Waals surface area (Å²) in [6.07, 6.45) is 7.07. The smallest absolute Gasteiger partial charge is 0.0278 e. The molecule has 3 nitrogen and oxygen atoms in total. The fourth-order valence-electron chi connectivity index (χ4n) is 3.22. The van der Waals surface area contributed by atoms with Gasteiger partial charge in [-0.05, 0) is 33.7 Å². The minimum atomic E-state index is 0.304. The second-order valence-corrected chi connectivity index (χ2v) is 6.82. The van der Waals surface area contributed by atoms with Gasteiger partial charge in [0.15, 0.2) is 0 Å². The molecule has 0 aromatic heterocycles. The van der Waals surface area contributed by atoms with E-state index in [1.807, 2.05) is 0 Å². The molecule has 0 unspecified atom stereocenters. The second-order valence-electron chi connectivity index (χ2n) is 6.82. The molecule has 0 aromatic rings. The van der Waals surface area contributed by atoms with Crippen molar-refractivity contribution in [1.82, 2.24) is 15.1 Å². The summed E-state index contributed by atoms with van der Waals surface area (Å²) in [5.41, 5.74) is 0.304. The van der Waals surface area contributed by atoms with E-state index in [9.17, 15) is 0 Å². The zero-order chi connectivity index (χ0) is 13.0. The quantitative estimate of drug-likeness (QED) is 0.826. The van der Waals surface area contributed by atoms with Crippen molar-refractivity contribution in [2.24, 2.45) is 0 Å². The molecule has 0 bridgehead atoms. The van der Waals surface area contributed by atoms with E-state index in [2.05, 4.69) is 36.0 Å². The van der Waals surface area contributed by atoms with Gasteiger partial charge in [-0.3, -0.25) is 4.90 Å². The zero-order valence-electron chi connectivity index (χ0n) is 12.5. The maximum Gasteiger partial charge on any atom is 0.0278 e. The van der Waals surface area contributed by atoms with Crippen molar-refractivity contribution in [1.29, 1.82) is 0 Å². The molecule has 0 amide bonds. The lowest BCUT2D eigenvalue weighted by Crippen LogP contribution is -2.58. The van der Waals surface area contributed by atoms with Crippen LogP contribution in [0.2, 0.25) is 0 Å². The molecule has 106 valence electrons. The minimum absolute atomic E-state index is 0.304. The molecular formula is C15H31N3. The molecule has 0 radical (unpaired) electrons. The van der Waals surface area contributed by atoms with E-state index in [-0.39, 0.29) is 0 Å². The van der Waals surface area contributed by atoms with E-state index in [4.69, 9.17) is 0 Å². The van der Waals surface area contributed by atoms with Crippen LogP contribution >= 0.6 is 0 Å². The van der Waals surface area contributed by atoms with Gasteiger partial charge in [-0.15, -0.1) is 0 Å². The van der Waals surface area contributed by atoms with Crippen molar-refractivity contribution in [3.63, 3.8) is 0 Å². The van der Waals surface area contributed by atoms with Gasteiger partial charge in [-0.1, -0.05) is 19.3 Å². The lowest BCUT2D eigenvalue weighted by Gasteiger charge is -2.44. The van der Waals surface area contributed by atoms with Crippen LogP contribution in [0.3, 0.4) is 0 Å². The van der Waals surface area contributed by atoms with Gasteiger partial charge in [-0.25, -0.2) is 0 Å². The Morgan fingerprint density at radius 2 is 1.61 bits per heavy atom. The van der Waals surface area contributed by atoms with E-state index >= 15 is 0 Å². The van der Waals surface area contributed by atoms with E-state index < -0.39 is 0 Å². The number of nitrogens with one attached hydrogen (secondary N) is 1. The van der Waals surface area contributed by atoms with E-state index in [1.165, 1.54) is 58.3 Å². The third-order valence-electron chi connectivity index (χ3n) is 4.79. The Morgan fingerprint density at radius 3 is 2.22 bits per heavy atom. The molecule has 1 N–H and O–H groups in total. The zero-order valence-corrected chi connectivity index (χ0v) is 12.5. The van der Waals surface area contributed by atoms with Crippen molar-refractivity contribution in [2.75, 3.05) is 39.8 Å². The molecule has 1 aliphatic carbocycles. The largest absolute Gasteiger partial charge is 0.312 e. The van der Waals surface area contributed by atoms with Crippen molar-refractivity contribution >= 4 is 0 Å². The molecule has 3 heteroatoms. The molecule has 1 saturated carbocycles. The van der Waals surface area contributed by atoms with E-state index in [0.29, 0.717) is 5.54 Å². The fraction of sp³-hybridized carbons (Fsp3) is 1.00. The Hall–Kier alpha value is -0.120. The SMILES string of the molecule is CN1CCN(C(C)(C)CNC2CCCCC2)CC1. The van der Waals surface area contributed by atoms with Gasteiger partial charge in [0.1, 0.15) is 0 Å². The van der Waals surface area contributed by atoms with Crippen LogP contribution in [-0.2, 0) is 0 Å². The molecule has 1 saturated heterocycles. The Kier molecular flexibility index (Phi) is 5.05. The normalized spacial score (nSPS) is 25.5. The Labute approximate surface area is 113 Å². The Balaban J connectivity index is 1.75. The molecule has 0 atom stereocenters. The first kappa shape index (κ1) is 14.3. The van der Waals surface area contributed by atoms with Crippen molar-refractivity contribution in [2.45, 2.75) is 57.5 Å². The molecule has 2 fully saturated rings. The summed E-state index contributed by atoms with van der Waals surface area (Å²) in [6, 6.07) is 0.783. The second kappa shape index (κ2) is 6.36. The van der Waals surface area contributed by atoms with Gasteiger partial charge in [0, 0.05) is 44.3 Å². The Bertz CT molecular complexity index is 238. The van der Waals surface area contributed by atoms with Crippen molar-refractivity contribution in [3.05, 3.63) is 0 Å². The van der Waals surface area contributed by atoms with Crippen molar-refractivity contribution in [3.8, 4) is 0 Å². The van der Waals surface area contributed by atoms with Gasteiger partial charge in [0.05, 0.1) is 0 Å². The summed E-state index contributed by atoms with van der Waals surface area (Å²) < 4.78 is 0. The monoisotopic (exact) mass is 253 g/mol. The number of likely N-dealkylation sites (N-methyl/N-ethyl adjacent to an activating group) is 1. The molecule has 18 heavy (non-hydrogen) atoms. The predicted molar refractivity (Wildman–Crippen MR) is 78.0 cm³/mol. The summed E-state index contributed by atoms with van der Waals surface area (Å²) >= 11 is 0. The van der Waals surface area contributed by atoms with Crippen LogP contribution in [0.4, 0.5) is 0 Å². The Morgan fingerprint density at radius 1 is 1.00 bits per heavy atom. The highest BCUT2D eigenvalue weighted by Gasteiger charge is 2.29. The first-order valence-electron chi connectivity index (χ1n) is 7.75. The van der Waals surface area contributed by atoms with Gasteiger partial charge in [-0.2, -0.15) is 0 Å². The molecule has 1 aliphatic heterocycles. The molecule has 0 aromatic carbocycles. The highest BCUT2D eigenvalue weighted by atomic mass is 15.3. The maximum atomic E-state index is 3.82. The minimum Gasteiger partial charge on any atom is -0.312 e. The van der Waals surface area contributed by atoms with Crippen LogP contribution in [0.15, 0.2) is 0 Å². The van der Waals surface area contributed by atoms with Crippen LogP contribution < -0.4 is 5.32 Å². The number of rotatable bonds is 4. The third kappa shape index (κ3) is 3.94. The average Bonchev–Trinajstić information content (AvgIpc) is 2.38. The van der Waals surface area contributed by atoms with Crippen LogP contribution in [0.5, 0.6) is 0 Å². The average molecular weight is 253 g/mol. The molecule has 2 rings (SSSR count). The van der Waals surface area contributed by atoms with Crippen molar-refractivity contribution < 1.29 is 0 Å². The summed E-state index contributed by atoms with van der Waals surface area (Å²) in [4.78, 5) is 5.09. The van der Waals surface area contributed by atoms with E-state index in [1.54, 1.807) is 0 Å². The topological polar surface area (TPSA) is 18.5 Å². The summed E-state index contributed by atoms with van der Waals surface area (Å²) in [5, 5.41) is 3.82. The highest BCUT2D eigenvalue weighted by molar-refractivity contribution is 4.88. The van der Waals surface area contributed by atoms with Gasteiger partial charge in [0.2, 0.25) is 0 Å². The van der Waals surface area contributed by atoms with Gasteiger partial charge in [0.25, 0.3) is 0 Å². The van der Waals surface area contributed by atoms with Crippen LogP contribution in [0.25, 0.3) is 0 Å². The molecular weight excluding hydrogens is 222 g/mol. The highest BCUT2D eigenvalue weighted by Crippen LogP contribution is 2.20. The number of hydrogen-bond acceptors (Lipinski definition) is 3. The van der Waals surface area contributed by atoms with Crippen LogP contribution in [0.1, 0.15) is 46.0 Å². The van der Waals surface area contributed by atoms with Gasteiger partial charge >= 0.3 is 0 Å². The molecule has 2 aliphatic rings. The number of nitrogens with zero attached hydrogens (tertiary/aromatic N) is 2. The predicted octanol–water partition coefficient (Wildman–Crippen LogP) is 1.93. The molecule has 0 spiro atoms. The van der Waals surface area contributed by atoms with E-state index in [0.717, 1.165) is 12.6 Å². The summed E-state index contributed by atoms with van der Waals surface area (Å²) in [6.45, 7) is 10.8. The fourth-order valence-corrected chi connectivity index (χ4v) is 3.22. The van der Waals surface area contributed by atoms with Crippen LogP contribution in [0, 0.1) is 0 Å². The first-order valence-corrected chi connectivity index (χ1v) is 7.75. The third-order valence-corrected chi connectivity index (χ3v) is 4.79. The summed E-state index contributed by atoms with van der Waals surface area (Å²) in [7, 11) is 2.23. The lowest BCUT2D eigenvalue weighted by atomic mass is 9.94. The first-order chi connectivity index (χ1) is 8.58.